The molecule has 0 heterocycles. The van der Waals surface area contributed by atoms with Gasteiger partial charge in [0.1, 0.15) is 0 Å². The lowest BCUT2D eigenvalue weighted by Gasteiger charge is -2.33. The number of rotatable bonds is 8. The zero-order chi connectivity index (χ0) is 15.9. The molecule has 0 aromatic rings. The second-order valence-electron chi connectivity index (χ2n) is 7.09. The topological polar surface area (TPSA) is 86.6 Å². The van der Waals surface area contributed by atoms with E-state index < -0.39 is 11.4 Å². The van der Waals surface area contributed by atoms with E-state index in [-0.39, 0.29) is 24.3 Å². The van der Waals surface area contributed by atoms with Crippen LogP contribution in [0.1, 0.15) is 65.2 Å². The van der Waals surface area contributed by atoms with E-state index in [1.54, 1.807) is 0 Å². The number of hydrogen-bond acceptors (Lipinski definition) is 3. The maximum Gasteiger partial charge on any atom is 0.310 e. The summed E-state index contributed by atoms with van der Waals surface area (Å²) >= 11 is 0. The molecule has 3 N–H and O–H groups in total. The number of carbonyl (C=O) groups excluding carboxylic acids is 1. The average Bonchev–Trinajstić information content (AvgIpc) is 2.44. The van der Waals surface area contributed by atoms with Gasteiger partial charge < -0.3 is 15.5 Å². The minimum Gasteiger partial charge on any atom is -0.481 e. The summed E-state index contributed by atoms with van der Waals surface area (Å²) in [5, 5.41) is 21.2. The van der Waals surface area contributed by atoms with Crippen LogP contribution in [0.25, 0.3) is 0 Å². The fraction of sp³-hybridized carbons (Fsp3) is 0.875. The molecule has 0 aromatic heterocycles. The van der Waals surface area contributed by atoms with E-state index in [1.165, 1.54) is 0 Å². The molecule has 0 aromatic carbocycles. The van der Waals surface area contributed by atoms with Gasteiger partial charge in [0.15, 0.2) is 0 Å². The first-order chi connectivity index (χ1) is 9.81. The average molecular weight is 299 g/mol. The van der Waals surface area contributed by atoms with Crippen LogP contribution in [-0.2, 0) is 9.59 Å². The van der Waals surface area contributed by atoms with E-state index >= 15 is 0 Å². The van der Waals surface area contributed by atoms with Crippen molar-refractivity contribution in [3.8, 4) is 0 Å². The van der Waals surface area contributed by atoms with Crippen LogP contribution in [-0.4, -0.2) is 35.2 Å². The number of aliphatic hydroxyl groups is 1. The molecule has 122 valence electrons. The minimum absolute atomic E-state index is 0.0818. The van der Waals surface area contributed by atoms with Crippen molar-refractivity contribution in [3.05, 3.63) is 0 Å². The van der Waals surface area contributed by atoms with Gasteiger partial charge in [0, 0.05) is 19.6 Å². The summed E-state index contributed by atoms with van der Waals surface area (Å²) in [6, 6.07) is 0. The number of hydrogen-bond donors (Lipinski definition) is 3. The second kappa shape index (κ2) is 7.78. The third-order valence-electron chi connectivity index (χ3n) is 4.54. The van der Waals surface area contributed by atoms with E-state index in [0.29, 0.717) is 25.8 Å². The van der Waals surface area contributed by atoms with Crippen LogP contribution in [0.2, 0.25) is 0 Å². The number of carboxylic acid groups (broad SMARTS) is 1. The zero-order valence-corrected chi connectivity index (χ0v) is 13.3. The predicted octanol–water partition coefficient (Wildman–Crippen LogP) is 2.33. The van der Waals surface area contributed by atoms with Gasteiger partial charge in [-0.15, -0.1) is 0 Å². The highest BCUT2D eigenvalue weighted by atomic mass is 16.4. The van der Waals surface area contributed by atoms with Crippen LogP contribution in [0.5, 0.6) is 0 Å². The van der Waals surface area contributed by atoms with Crippen molar-refractivity contribution in [1.82, 2.24) is 5.32 Å². The van der Waals surface area contributed by atoms with Crippen LogP contribution in [0.3, 0.4) is 0 Å². The summed E-state index contributed by atoms with van der Waals surface area (Å²) in [5.74, 6) is -1.01. The largest absolute Gasteiger partial charge is 0.481 e. The molecule has 0 atom stereocenters. The number of carbonyl (C=O) groups is 2. The molecule has 1 aliphatic carbocycles. The van der Waals surface area contributed by atoms with Gasteiger partial charge in [0.25, 0.3) is 0 Å². The van der Waals surface area contributed by atoms with Crippen molar-refractivity contribution >= 4 is 11.9 Å². The summed E-state index contributed by atoms with van der Waals surface area (Å²) in [6.07, 6.45) is 5.66. The number of carboxylic acids is 1. The second-order valence-corrected chi connectivity index (χ2v) is 7.09. The van der Waals surface area contributed by atoms with Crippen LogP contribution in [0, 0.1) is 10.8 Å². The molecule has 5 nitrogen and oxygen atoms in total. The molecule has 0 radical (unpaired) electrons. The standard InChI is InChI=1S/C16H29NO4/c1-15(2,7-6-10-18)12-17-13(19)11-16(14(20)21)8-4-3-5-9-16/h18H,3-12H2,1-2H3,(H,17,19)(H,20,21). The van der Waals surface area contributed by atoms with E-state index in [9.17, 15) is 14.7 Å². The molecular weight excluding hydrogens is 270 g/mol. The number of nitrogens with one attached hydrogen (secondary N) is 1. The normalized spacial score (nSPS) is 18.2. The molecular formula is C16H29NO4. The van der Waals surface area contributed by atoms with Gasteiger partial charge in [0.2, 0.25) is 5.91 Å². The van der Waals surface area contributed by atoms with Crippen LogP contribution >= 0.6 is 0 Å². The van der Waals surface area contributed by atoms with Gasteiger partial charge in [-0.25, -0.2) is 0 Å². The van der Waals surface area contributed by atoms with Gasteiger partial charge in [0.05, 0.1) is 5.41 Å². The Bertz CT molecular complexity index is 359. The van der Waals surface area contributed by atoms with E-state index in [0.717, 1.165) is 25.7 Å². The lowest BCUT2D eigenvalue weighted by atomic mass is 9.71. The third kappa shape index (κ3) is 5.65. The van der Waals surface area contributed by atoms with Crippen LogP contribution < -0.4 is 5.32 Å². The lowest BCUT2D eigenvalue weighted by molar-refractivity contribution is -0.154. The lowest BCUT2D eigenvalue weighted by Crippen LogP contribution is -2.41. The Kier molecular flexibility index (Phi) is 6.65. The van der Waals surface area contributed by atoms with Gasteiger partial charge >= 0.3 is 5.97 Å². The number of aliphatic carboxylic acids is 1. The molecule has 21 heavy (non-hydrogen) atoms. The Morgan fingerprint density at radius 3 is 2.33 bits per heavy atom. The summed E-state index contributed by atoms with van der Waals surface area (Å²) < 4.78 is 0. The Labute approximate surface area is 127 Å². The maximum atomic E-state index is 12.1. The number of amides is 1. The van der Waals surface area contributed by atoms with E-state index in [4.69, 9.17) is 5.11 Å². The molecule has 0 bridgehead atoms. The van der Waals surface area contributed by atoms with Gasteiger partial charge in [-0.05, 0) is 31.1 Å². The predicted molar refractivity (Wildman–Crippen MR) is 80.9 cm³/mol. The monoisotopic (exact) mass is 299 g/mol. The Balaban J connectivity index is 2.49. The fourth-order valence-electron chi connectivity index (χ4n) is 3.05. The first-order valence-electron chi connectivity index (χ1n) is 7.92. The van der Waals surface area contributed by atoms with Crippen molar-refractivity contribution in [3.63, 3.8) is 0 Å². The van der Waals surface area contributed by atoms with Crippen molar-refractivity contribution in [2.24, 2.45) is 10.8 Å². The molecule has 1 rings (SSSR count). The smallest absolute Gasteiger partial charge is 0.310 e. The molecule has 0 aliphatic heterocycles. The Hall–Kier alpha value is -1.10. The zero-order valence-electron chi connectivity index (χ0n) is 13.3. The fourth-order valence-corrected chi connectivity index (χ4v) is 3.05. The Morgan fingerprint density at radius 2 is 1.81 bits per heavy atom. The summed E-state index contributed by atoms with van der Waals surface area (Å²) in [7, 11) is 0. The first-order valence-corrected chi connectivity index (χ1v) is 7.92. The van der Waals surface area contributed by atoms with Gasteiger partial charge in [-0.3, -0.25) is 9.59 Å². The first kappa shape index (κ1) is 18.0. The Morgan fingerprint density at radius 1 is 1.19 bits per heavy atom. The SMILES string of the molecule is CC(C)(CCCO)CNC(=O)CC1(C(=O)O)CCCCC1. The highest BCUT2D eigenvalue weighted by molar-refractivity contribution is 5.85. The van der Waals surface area contributed by atoms with Crippen molar-refractivity contribution in [2.45, 2.75) is 65.2 Å². The number of aliphatic hydroxyl groups excluding tert-OH is 1. The molecule has 0 unspecified atom stereocenters. The maximum absolute atomic E-state index is 12.1. The molecule has 0 saturated heterocycles. The minimum atomic E-state index is -0.864. The highest BCUT2D eigenvalue weighted by Crippen LogP contribution is 2.39. The van der Waals surface area contributed by atoms with Crippen LogP contribution in [0.4, 0.5) is 0 Å². The quantitative estimate of drug-likeness (QED) is 0.642. The van der Waals surface area contributed by atoms with Crippen LogP contribution in [0.15, 0.2) is 0 Å². The molecule has 5 heteroatoms. The molecule has 1 aliphatic rings. The van der Waals surface area contributed by atoms with E-state index in [1.807, 2.05) is 13.8 Å². The third-order valence-corrected chi connectivity index (χ3v) is 4.54. The van der Waals surface area contributed by atoms with Gasteiger partial charge in [-0.2, -0.15) is 0 Å². The van der Waals surface area contributed by atoms with Gasteiger partial charge in [-0.1, -0.05) is 33.1 Å². The van der Waals surface area contributed by atoms with E-state index in [2.05, 4.69) is 5.32 Å². The molecule has 1 fully saturated rings. The van der Waals surface area contributed by atoms with Crippen molar-refractivity contribution < 1.29 is 19.8 Å². The summed E-state index contributed by atoms with van der Waals surface area (Å²) in [5.41, 5.74) is -0.946. The molecule has 1 saturated carbocycles. The summed E-state index contributed by atoms with van der Waals surface area (Å²) in [4.78, 5) is 23.7. The van der Waals surface area contributed by atoms with Crippen molar-refractivity contribution in [1.29, 1.82) is 0 Å². The summed E-state index contributed by atoms with van der Waals surface area (Å²) in [6.45, 7) is 4.74. The highest BCUT2D eigenvalue weighted by Gasteiger charge is 2.41. The molecule has 1 amide bonds. The van der Waals surface area contributed by atoms with Crippen molar-refractivity contribution in [2.75, 3.05) is 13.2 Å². The molecule has 0 spiro atoms.